The molecule has 7 nitrogen and oxygen atoms in total. The Morgan fingerprint density at radius 2 is 2.24 bits per heavy atom. The average molecular weight is 428 g/mol. The Bertz CT molecular complexity index is 1250. The first-order valence-corrected chi connectivity index (χ1v) is 10.4. The first-order valence-electron chi connectivity index (χ1n) is 9.18. The van der Waals surface area contributed by atoms with Gasteiger partial charge in [0.25, 0.3) is 0 Å². The highest BCUT2D eigenvalue weighted by atomic mass is 35.5. The molecule has 3 aromatic heterocycles. The molecule has 0 spiro atoms. The minimum atomic E-state index is -0.201. The summed E-state index contributed by atoms with van der Waals surface area (Å²) in [5, 5.41) is 10.1. The first-order chi connectivity index (χ1) is 14.0. The zero-order valence-electron chi connectivity index (χ0n) is 15.9. The second kappa shape index (κ2) is 7.05. The molecule has 1 aliphatic heterocycles. The van der Waals surface area contributed by atoms with Crippen molar-refractivity contribution in [1.82, 2.24) is 19.6 Å². The van der Waals surface area contributed by atoms with Gasteiger partial charge in [0, 0.05) is 21.9 Å². The van der Waals surface area contributed by atoms with Gasteiger partial charge >= 0.3 is 0 Å². The summed E-state index contributed by atoms with van der Waals surface area (Å²) in [5.74, 6) is 0.543. The summed E-state index contributed by atoms with van der Waals surface area (Å²) in [6, 6.07) is 7.43. The van der Waals surface area contributed by atoms with Gasteiger partial charge in [0.05, 0.1) is 23.8 Å². The van der Waals surface area contributed by atoms with Crippen LogP contribution < -0.4 is 0 Å². The highest BCUT2D eigenvalue weighted by Gasteiger charge is 2.30. The van der Waals surface area contributed by atoms with E-state index in [0.717, 1.165) is 27.8 Å². The van der Waals surface area contributed by atoms with Crippen molar-refractivity contribution in [2.75, 3.05) is 0 Å². The molecule has 1 aliphatic rings. The molecule has 1 aromatic carbocycles. The largest absolute Gasteiger partial charge is 0.387 e. The maximum absolute atomic E-state index is 6.11. The number of rotatable bonds is 4. The lowest BCUT2D eigenvalue weighted by Crippen LogP contribution is -2.31. The van der Waals surface area contributed by atoms with Gasteiger partial charge in [-0.05, 0) is 25.5 Å². The molecule has 4 aromatic rings. The maximum Gasteiger partial charge on any atom is 0.192 e. The monoisotopic (exact) mass is 427 g/mol. The zero-order valence-corrected chi connectivity index (χ0v) is 17.5. The molecule has 0 bridgehead atoms. The van der Waals surface area contributed by atoms with Gasteiger partial charge in [-0.3, -0.25) is 0 Å². The van der Waals surface area contributed by atoms with Gasteiger partial charge in [-0.2, -0.15) is 0 Å². The fraction of sp³-hybridized carbons (Fsp3) is 0.300. The van der Waals surface area contributed by atoms with E-state index in [1.807, 2.05) is 18.2 Å². The fourth-order valence-corrected chi connectivity index (χ4v) is 4.67. The van der Waals surface area contributed by atoms with Crippen LogP contribution in [-0.2, 0) is 29.2 Å². The summed E-state index contributed by atoms with van der Waals surface area (Å²) in [6.45, 7) is 4.97. The fourth-order valence-electron chi connectivity index (χ4n) is 3.42. The topological polar surface area (TPSA) is 73.9 Å². The average Bonchev–Trinajstić information content (AvgIpc) is 3.26. The number of thiophene rings is 1. The number of fused-ring (bicyclic) bond motifs is 5. The van der Waals surface area contributed by atoms with E-state index in [2.05, 4.69) is 34.1 Å². The summed E-state index contributed by atoms with van der Waals surface area (Å²) in [4.78, 5) is 16.8. The quantitative estimate of drug-likeness (QED) is 0.356. The van der Waals surface area contributed by atoms with Crippen molar-refractivity contribution in [2.45, 2.75) is 39.1 Å². The first kappa shape index (κ1) is 18.5. The van der Waals surface area contributed by atoms with Gasteiger partial charge < -0.3 is 9.57 Å². The Morgan fingerprint density at radius 3 is 3.10 bits per heavy atom. The van der Waals surface area contributed by atoms with Gasteiger partial charge in [-0.25, -0.2) is 14.5 Å². The molecule has 4 heterocycles. The van der Waals surface area contributed by atoms with Crippen molar-refractivity contribution < 1.29 is 9.57 Å². The van der Waals surface area contributed by atoms with Gasteiger partial charge in [0.15, 0.2) is 18.1 Å². The molecular weight excluding hydrogens is 410 g/mol. The van der Waals surface area contributed by atoms with Gasteiger partial charge in [0.2, 0.25) is 0 Å². The van der Waals surface area contributed by atoms with Crippen LogP contribution in [0.2, 0.25) is 5.02 Å². The molecule has 0 saturated carbocycles. The standard InChI is InChI=1S/C20H18ClN5O2S/c1-20(2)7-13-15(9-27-20)29-19-17(13)18-24-16(25-26(18)11-22-19)10-28-23-8-12-5-3-4-6-14(12)21/h3-6,8,11H,7,9-10H2,1-2H3/b23-8-. The summed E-state index contributed by atoms with van der Waals surface area (Å²) < 4.78 is 7.65. The summed E-state index contributed by atoms with van der Waals surface area (Å²) in [6.07, 6.45) is 4.09. The van der Waals surface area contributed by atoms with Crippen LogP contribution in [0.25, 0.3) is 15.9 Å². The third-order valence-corrected chi connectivity index (χ3v) is 6.27. The van der Waals surface area contributed by atoms with E-state index in [9.17, 15) is 0 Å². The lowest BCUT2D eigenvalue weighted by molar-refractivity contribution is -0.0379. The molecule has 0 aliphatic carbocycles. The molecule has 0 saturated heterocycles. The summed E-state index contributed by atoms with van der Waals surface area (Å²) in [7, 11) is 0. The van der Waals surface area contributed by atoms with Crippen LogP contribution in [0, 0.1) is 0 Å². The van der Waals surface area contributed by atoms with Crippen LogP contribution in [0.4, 0.5) is 0 Å². The van der Waals surface area contributed by atoms with Gasteiger partial charge in [0.1, 0.15) is 11.2 Å². The molecule has 0 fully saturated rings. The van der Waals surface area contributed by atoms with E-state index in [0.29, 0.717) is 17.5 Å². The normalized spacial score (nSPS) is 16.0. The SMILES string of the molecule is CC1(C)Cc2c(sc3ncn4nc(CO/N=C\c5ccccc5Cl)nc4c23)CO1. The third-order valence-electron chi connectivity index (χ3n) is 4.82. The highest BCUT2D eigenvalue weighted by molar-refractivity contribution is 7.19. The lowest BCUT2D eigenvalue weighted by Gasteiger charge is -2.30. The highest BCUT2D eigenvalue weighted by Crippen LogP contribution is 2.39. The molecule has 0 atom stereocenters. The number of nitrogens with zero attached hydrogens (tertiary/aromatic N) is 5. The lowest BCUT2D eigenvalue weighted by atomic mass is 9.94. The molecule has 0 N–H and O–H groups in total. The molecular formula is C20H18ClN5O2S. The minimum absolute atomic E-state index is 0.158. The third kappa shape index (κ3) is 3.48. The van der Waals surface area contributed by atoms with Crippen molar-refractivity contribution in [3.63, 3.8) is 0 Å². The van der Waals surface area contributed by atoms with Crippen molar-refractivity contribution in [2.24, 2.45) is 5.16 Å². The Kier molecular flexibility index (Phi) is 4.49. The number of oxime groups is 1. The van der Waals surface area contributed by atoms with Crippen LogP contribution in [-0.4, -0.2) is 31.4 Å². The van der Waals surface area contributed by atoms with Crippen molar-refractivity contribution >= 4 is 45.0 Å². The van der Waals surface area contributed by atoms with E-state index in [1.165, 1.54) is 10.4 Å². The van der Waals surface area contributed by atoms with E-state index < -0.39 is 0 Å². The molecule has 9 heteroatoms. The minimum Gasteiger partial charge on any atom is -0.387 e. The van der Waals surface area contributed by atoms with Crippen LogP contribution in [0.1, 0.15) is 35.7 Å². The van der Waals surface area contributed by atoms with Crippen molar-refractivity contribution in [1.29, 1.82) is 0 Å². The maximum atomic E-state index is 6.11. The summed E-state index contributed by atoms with van der Waals surface area (Å²) >= 11 is 7.77. The Labute approximate surface area is 175 Å². The van der Waals surface area contributed by atoms with Crippen LogP contribution >= 0.6 is 22.9 Å². The van der Waals surface area contributed by atoms with E-state index in [-0.39, 0.29) is 12.2 Å². The smallest absolute Gasteiger partial charge is 0.192 e. The van der Waals surface area contributed by atoms with E-state index >= 15 is 0 Å². The Hall–Kier alpha value is -2.55. The van der Waals surface area contributed by atoms with Crippen LogP contribution in [0.15, 0.2) is 35.7 Å². The van der Waals surface area contributed by atoms with Gasteiger partial charge in [-0.1, -0.05) is 35.0 Å². The second-order valence-electron chi connectivity index (χ2n) is 7.48. The van der Waals surface area contributed by atoms with E-state index in [1.54, 1.807) is 34.5 Å². The predicted molar refractivity (Wildman–Crippen MR) is 113 cm³/mol. The molecule has 0 radical (unpaired) electrons. The van der Waals surface area contributed by atoms with Crippen LogP contribution in [0.3, 0.4) is 0 Å². The van der Waals surface area contributed by atoms with Crippen LogP contribution in [0.5, 0.6) is 0 Å². The van der Waals surface area contributed by atoms with Gasteiger partial charge in [-0.15, -0.1) is 16.4 Å². The second-order valence-corrected chi connectivity index (χ2v) is 8.97. The van der Waals surface area contributed by atoms with Crippen molar-refractivity contribution in [3.8, 4) is 0 Å². The molecule has 0 unspecified atom stereocenters. The number of hydrogen-bond donors (Lipinski definition) is 0. The number of hydrogen-bond acceptors (Lipinski definition) is 7. The number of aromatic nitrogens is 4. The molecule has 148 valence electrons. The number of ether oxygens (including phenoxy) is 1. The zero-order chi connectivity index (χ0) is 20.0. The Balaban J connectivity index is 1.42. The molecule has 5 rings (SSSR count). The number of benzene rings is 1. The molecule has 29 heavy (non-hydrogen) atoms. The Morgan fingerprint density at radius 1 is 1.38 bits per heavy atom. The summed E-state index contributed by atoms with van der Waals surface area (Å²) in [5.41, 5.74) is 2.64. The number of halogens is 1. The molecule has 0 amide bonds. The predicted octanol–water partition coefficient (Wildman–Crippen LogP) is 4.39. The van der Waals surface area contributed by atoms with E-state index in [4.69, 9.17) is 21.2 Å². The van der Waals surface area contributed by atoms with Crippen molar-refractivity contribution in [3.05, 3.63) is 57.4 Å².